The van der Waals surface area contributed by atoms with Crippen LogP contribution in [0.15, 0.2) is 102 Å². The summed E-state index contributed by atoms with van der Waals surface area (Å²) >= 11 is 2.87. The van der Waals surface area contributed by atoms with Gasteiger partial charge in [-0.05, 0) is 48.0 Å². The van der Waals surface area contributed by atoms with E-state index in [2.05, 4.69) is 15.6 Å². The van der Waals surface area contributed by atoms with E-state index in [1.807, 2.05) is 104 Å². The van der Waals surface area contributed by atoms with Gasteiger partial charge in [-0.15, -0.1) is 23.1 Å². The number of anilines is 2. The highest BCUT2D eigenvalue weighted by Gasteiger charge is 2.13. The number of aryl methyl sites for hydroxylation is 1. The zero-order valence-corrected chi connectivity index (χ0v) is 21.2. The average molecular weight is 510 g/mol. The van der Waals surface area contributed by atoms with Crippen molar-refractivity contribution in [2.75, 3.05) is 16.4 Å². The van der Waals surface area contributed by atoms with Gasteiger partial charge in [-0.1, -0.05) is 66.7 Å². The molecule has 36 heavy (non-hydrogen) atoms. The number of benzene rings is 4. The SMILES string of the molecule is Cc1sc(NC(=O)CSc2cccc(NC(=O)c3ccc4ccccc4c3)c2)nc1-c1ccccc1. The van der Waals surface area contributed by atoms with Crippen molar-refractivity contribution in [2.24, 2.45) is 0 Å². The van der Waals surface area contributed by atoms with Gasteiger partial charge >= 0.3 is 0 Å². The summed E-state index contributed by atoms with van der Waals surface area (Å²) in [5, 5.41) is 8.56. The molecule has 0 spiro atoms. The van der Waals surface area contributed by atoms with Gasteiger partial charge in [-0.25, -0.2) is 4.98 Å². The molecule has 0 unspecified atom stereocenters. The summed E-state index contributed by atoms with van der Waals surface area (Å²) in [5.41, 5.74) is 3.20. The largest absolute Gasteiger partial charge is 0.322 e. The lowest BCUT2D eigenvalue weighted by molar-refractivity contribution is -0.113. The summed E-state index contributed by atoms with van der Waals surface area (Å²) in [7, 11) is 0. The lowest BCUT2D eigenvalue weighted by Crippen LogP contribution is -2.14. The Morgan fingerprint density at radius 2 is 1.61 bits per heavy atom. The molecule has 0 bridgehead atoms. The number of amides is 2. The Balaban J connectivity index is 1.19. The molecule has 0 saturated carbocycles. The Bertz CT molecular complexity index is 1550. The first-order valence-electron chi connectivity index (χ1n) is 11.4. The van der Waals surface area contributed by atoms with Gasteiger partial charge in [0.2, 0.25) is 5.91 Å². The Labute approximate surface area is 217 Å². The fourth-order valence-corrected chi connectivity index (χ4v) is 5.42. The summed E-state index contributed by atoms with van der Waals surface area (Å²) < 4.78 is 0. The number of hydrogen-bond acceptors (Lipinski definition) is 5. The Morgan fingerprint density at radius 1 is 0.833 bits per heavy atom. The highest BCUT2D eigenvalue weighted by atomic mass is 32.2. The monoisotopic (exact) mass is 509 g/mol. The number of carbonyl (C=O) groups excluding carboxylic acids is 2. The van der Waals surface area contributed by atoms with Crippen LogP contribution in [0.1, 0.15) is 15.2 Å². The molecule has 0 atom stereocenters. The van der Waals surface area contributed by atoms with Crippen LogP contribution in [0.5, 0.6) is 0 Å². The summed E-state index contributed by atoms with van der Waals surface area (Å²) in [6.45, 7) is 2.00. The summed E-state index contributed by atoms with van der Waals surface area (Å²) in [6, 6.07) is 31.0. The number of carbonyl (C=O) groups is 2. The van der Waals surface area contributed by atoms with Gasteiger partial charge in [-0.2, -0.15) is 0 Å². The molecule has 0 aliphatic rings. The van der Waals surface area contributed by atoms with Crippen LogP contribution in [0.25, 0.3) is 22.0 Å². The second-order valence-corrected chi connectivity index (χ2v) is 10.4. The summed E-state index contributed by atoms with van der Waals surface area (Å²) in [4.78, 5) is 31.9. The molecular formula is C29H23N3O2S2. The molecule has 7 heteroatoms. The van der Waals surface area contributed by atoms with E-state index in [-0.39, 0.29) is 17.6 Å². The fourth-order valence-electron chi connectivity index (χ4n) is 3.82. The Morgan fingerprint density at radius 3 is 2.44 bits per heavy atom. The van der Waals surface area contributed by atoms with Crippen LogP contribution in [-0.2, 0) is 4.79 Å². The number of fused-ring (bicyclic) bond motifs is 1. The predicted molar refractivity (Wildman–Crippen MR) is 150 cm³/mol. The van der Waals surface area contributed by atoms with Crippen LogP contribution in [0.2, 0.25) is 0 Å². The quantitative estimate of drug-likeness (QED) is 0.227. The predicted octanol–water partition coefficient (Wildman–Crippen LogP) is 7.25. The second-order valence-electron chi connectivity index (χ2n) is 8.17. The third-order valence-corrected chi connectivity index (χ3v) is 7.44. The van der Waals surface area contributed by atoms with Crippen LogP contribution < -0.4 is 10.6 Å². The minimum Gasteiger partial charge on any atom is -0.322 e. The van der Waals surface area contributed by atoms with E-state index in [1.165, 1.54) is 23.1 Å². The first-order valence-corrected chi connectivity index (χ1v) is 13.2. The molecule has 5 aromatic rings. The molecule has 0 aliphatic carbocycles. The maximum atomic E-state index is 12.8. The summed E-state index contributed by atoms with van der Waals surface area (Å²) in [6.07, 6.45) is 0. The van der Waals surface area contributed by atoms with E-state index in [0.29, 0.717) is 16.4 Å². The standard InChI is InChI=1S/C29H23N3O2S2/c1-19-27(21-9-3-2-4-10-21)32-29(36-19)31-26(33)18-35-25-13-7-12-24(17-25)30-28(34)23-15-14-20-8-5-6-11-22(20)16-23/h2-17H,18H2,1H3,(H,30,34)(H,31,32,33). The van der Waals surface area contributed by atoms with E-state index >= 15 is 0 Å². The van der Waals surface area contributed by atoms with Crippen molar-refractivity contribution in [1.82, 2.24) is 4.98 Å². The number of nitrogens with one attached hydrogen (secondary N) is 2. The van der Waals surface area contributed by atoms with E-state index in [4.69, 9.17) is 0 Å². The molecule has 2 amide bonds. The number of aromatic nitrogens is 1. The molecule has 4 aromatic carbocycles. The number of thiazole rings is 1. The number of nitrogens with zero attached hydrogens (tertiary/aromatic N) is 1. The maximum Gasteiger partial charge on any atom is 0.255 e. The van der Waals surface area contributed by atoms with Crippen molar-refractivity contribution < 1.29 is 9.59 Å². The molecule has 1 aromatic heterocycles. The first kappa shape index (κ1) is 23.8. The minimum absolute atomic E-state index is 0.126. The lowest BCUT2D eigenvalue weighted by atomic mass is 10.1. The molecule has 5 nitrogen and oxygen atoms in total. The minimum atomic E-state index is -0.172. The van der Waals surface area contributed by atoms with E-state index in [1.54, 1.807) is 0 Å². The van der Waals surface area contributed by atoms with Crippen molar-refractivity contribution in [3.63, 3.8) is 0 Å². The maximum absolute atomic E-state index is 12.8. The fraction of sp³-hybridized carbons (Fsp3) is 0.0690. The smallest absolute Gasteiger partial charge is 0.255 e. The Hall–Kier alpha value is -3.94. The van der Waals surface area contributed by atoms with Gasteiger partial charge < -0.3 is 10.6 Å². The summed E-state index contributed by atoms with van der Waals surface area (Å²) in [5.74, 6) is -0.0607. The number of thioether (sulfide) groups is 1. The van der Waals surface area contributed by atoms with Crippen LogP contribution in [0.4, 0.5) is 10.8 Å². The molecule has 5 rings (SSSR count). The van der Waals surface area contributed by atoms with Crippen molar-refractivity contribution in [1.29, 1.82) is 0 Å². The normalized spacial score (nSPS) is 10.8. The topological polar surface area (TPSA) is 71.1 Å². The zero-order chi connectivity index (χ0) is 24.9. The molecule has 0 radical (unpaired) electrons. The van der Waals surface area contributed by atoms with Crippen molar-refractivity contribution in [3.05, 3.63) is 108 Å². The van der Waals surface area contributed by atoms with E-state index in [9.17, 15) is 9.59 Å². The van der Waals surface area contributed by atoms with Crippen LogP contribution in [0.3, 0.4) is 0 Å². The van der Waals surface area contributed by atoms with Gasteiger partial charge in [0.1, 0.15) is 0 Å². The lowest BCUT2D eigenvalue weighted by Gasteiger charge is -2.08. The van der Waals surface area contributed by atoms with Gasteiger partial charge in [0, 0.05) is 26.6 Å². The molecule has 2 N–H and O–H groups in total. The second kappa shape index (κ2) is 10.8. The zero-order valence-electron chi connectivity index (χ0n) is 19.5. The highest BCUT2D eigenvalue weighted by Crippen LogP contribution is 2.30. The van der Waals surface area contributed by atoms with Crippen LogP contribution >= 0.6 is 23.1 Å². The van der Waals surface area contributed by atoms with Crippen LogP contribution in [0, 0.1) is 6.92 Å². The van der Waals surface area contributed by atoms with Gasteiger partial charge in [0.25, 0.3) is 5.91 Å². The first-order chi connectivity index (χ1) is 17.5. The number of rotatable bonds is 7. The molecule has 0 fully saturated rings. The van der Waals surface area contributed by atoms with E-state index in [0.717, 1.165) is 31.8 Å². The Kier molecular flexibility index (Phi) is 7.11. The third kappa shape index (κ3) is 5.64. The molecule has 0 saturated heterocycles. The highest BCUT2D eigenvalue weighted by molar-refractivity contribution is 8.00. The van der Waals surface area contributed by atoms with Gasteiger partial charge in [0.15, 0.2) is 5.13 Å². The van der Waals surface area contributed by atoms with E-state index < -0.39 is 0 Å². The molecule has 0 aliphatic heterocycles. The molecule has 178 valence electrons. The third-order valence-electron chi connectivity index (χ3n) is 5.56. The van der Waals surface area contributed by atoms with Crippen molar-refractivity contribution >= 4 is 56.5 Å². The van der Waals surface area contributed by atoms with Crippen molar-refractivity contribution in [3.8, 4) is 11.3 Å². The van der Waals surface area contributed by atoms with Gasteiger partial charge in [0.05, 0.1) is 11.4 Å². The van der Waals surface area contributed by atoms with Crippen molar-refractivity contribution in [2.45, 2.75) is 11.8 Å². The van der Waals surface area contributed by atoms with Crippen LogP contribution in [-0.4, -0.2) is 22.6 Å². The number of hydrogen-bond donors (Lipinski definition) is 2. The molecular weight excluding hydrogens is 486 g/mol. The molecule has 1 heterocycles. The van der Waals surface area contributed by atoms with Gasteiger partial charge in [-0.3, -0.25) is 9.59 Å². The average Bonchev–Trinajstić information content (AvgIpc) is 3.27.